The van der Waals surface area contributed by atoms with Crippen LogP contribution in [0.3, 0.4) is 0 Å². The number of rotatable bonds is 0. The van der Waals surface area contributed by atoms with Gasteiger partial charge in [-0.25, -0.2) is 0 Å². The average molecular weight is 302 g/mol. The molecule has 0 radical (unpaired) electrons. The van der Waals surface area contributed by atoms with Crippen molar-refractivity contribution in [3.05, 3.63) is 16.8 Å². The van der Waals surface area contributed by atoms with Crippen molar-refractivity contribution in [1.29, 1.82) is 0 Å². The van der Waals surface area contributed by atoms with Gasteiger partial charge in [0.15, 0.2) is 11.0 Å². The fraction of sp³-hybridized carbons (Fsp3) is 0.714. The summed E-state index contributed by atoms with van der Waals surface area (Å²) in [7, 11) is 0. The van der Waals surface area contributed by atoms with Gasteiger partial charge in [0.2, 0.25) is 0 Å². The topological polar surface area (TPSA) is 37.8 Å². The molecule has 1 fully saturated rings. The molecule has 1 saturated carbocycles. The SMILES string of the molecule is C1CCCCCC1.Clc1cc2c(nn1)NCCC2Cl. The Morgan fingerprint density at radius 3 is 2.16 bits per heavy atom. The molecule has 0 bridgehead atoms. The van der Waals surface area contributed by atoms with Crippen LogP contribution in [-0.2, 0) is 0 Å². The lowest BCUT2D eigenvalue weighted by molar-refractivity contribution is 0.702. The lowest BCUT2D eigenvalue weighted by Gasteiger charge is -2.20. The summed E-state index contributed by atoms with van der Waals surface area (Å²) < 4.78 is 0. The van der Waals surface area contributed by atoms with Crippen molar-refractivity contribution in [2.75, 3.05) is 11.9 Å². The quantitative estimate of drug-likeness (QED) is 0.544. The van der Waals surface area contributed by atoms with Gasteiger partial charge in [-0.2, -0.15) is 0 Å². The van der Waals surface area contributed by atoms with Crippen LogP contribution in [0.25, 0.3) is 0 Å². The van der Waals surface area contributed by atoms with Crippen molar-refractivity contribution < 1.29 is 0 Å². The lowest BCUT2D eigenvalue weighted by Crippen LogP contribution is -2.15. The molecular weight excluding hydrogens is 281 g/mol. The summed E-state index contributed by atoms with van der Waals surface area (Å²) in [6.45, 7) is 0.845. The maximum absolute atomic E-state index is 6.05. The maximum atomic E-state index is 6.05. The van der Waals surface area contributed by atoms with Crippen LogP contribution in [0.15, 0.2) is 6.07 Å². The van der Waals surface area contributed by atoms with Gasteiger partial charge in [0, 0.05) is 12.1 Å². The number of hydrogen-bond donors (Lipinski definition) is 1. The van der Waals surface area contributed by atoms with Gasteiger partial charge in [-0.15, -0.1) is 21.8 Å². The minimum absolute atomic E-state index is 0.00856. The molecule has 1 unspecified atom stereocenters. The molecule has 1 atom stereocenters. The van der Waals surface area contributed by atoms with E-state index in [0.717, 1.165) is 24.3 Å². The van der Waals surface area contributed by atoms with Crippen LogP contribution in [0.2, 0.25) is 5.15 Å². The van der Waals surface area contributed by atoms with Crippen molar-refractivity contribution in [2.24, 2.45) is 0 Å². The minimum atomic E-state index is 0.00856. The molecule has 1 aromatic heterocycles. The summed E-state index contributed by atoms with van der Waals surface area (Å²) in [5.74, 6) is 0.755. The monoisotopic (exact) mass is 301 g/mol. The number of aromatic nitrogens is 2. The Morgan fingerprint density at radius 1 is 1.00 bits per heavy atom. The predicted molar refractivity (Wildman–Crippen MR) is 81.1 cm³/mol. The van der Waals surface area contributed by atoms with E-state index in [-0.39, 0.29) is 5.38 Å². The number of hydrogen-bond acceptors (Lipinski definition) is 3. The molecule has 0 spiro atoms. The summed E-state index contributed by atoms with van der Waals surface area (Å²) >= 11 is 11.7. The zero-order valence-corrected chi connectivity index (χ0v) is 12.7. The molecule has 1 aromatic rings. The van der Waals surface area contributed by atoms with Gasteiger partial charge in [-0.3, -0.25) is 0 Å². The van der Waals surface area contributed by atoms with Crippen LogP contribution in [0.4, 0.5) is 5.82 Å². The molecule has 1 aliphatic carbocycles. The molecule has 3 rings (SSSR count). The molecule has 2 heterocycles. The normalized spacial score (nSPS) is 22.3. The van der Waals surface area contributed by atoms with Crippen LogP contribution in [0.1, 0.15) is 62.3 Å². The van der Waals surface area contributed by atoms with Gasteiger partial charge in [0.25, 0.3) is 0 Å². The highest BCUT2D eigenvalue weighted by molar-refractivity contribution is 6.29. The van der Waals surface area contributed by atoms with Gasteiger partial charge in [0.1, 0.15) is 0 Å². The Kier molecular flexibility index (Phi) is 6.18. The molecule has 0 amide bonds. The number of nitrogens with one attached hydrogen (secondary N) is 1. The first-order valence-electron chi connectivity index (χ1n) is 7.18. The third-order valence-electron chi connectivity index (χ3n) is 3.57. The van der Waals surface area contributed by atoms with Gasteiger partial charge >= 0.3 is 0 Å². The first-order chi connectivity index (χ1) is 9.27. The van der Waals surface area contributed by atoms with E-state index in [2.05, 4.69) is 15.5 Å². The highest BCUT2D eigenvalue weighted by Crippen LogP contribution is 2.33. The number of anilines is 1. The van der Waals surface area contributed by atoms with E-state index in [9.17, 15) is 0 Å². The Balaban J connectivity index is 0.000000163. The first kappa shape index (κ1) is 14.9. The second kappa shape index (κ2) is 7.91. The fourth-order valence-corrected chi connectivity index (χ4v) is 2.90. The third kappa shape index (κ3) is 4.81. The molecule has 5 heteroatoms. The van der Waals surface area contributed by atoms with Crippen molar-refractivity contribution in [1.82, 2.24) is 10.2 Å². The van der Waals surface area contributed by atoms with Crippen LogP contribution < -0.4 is 5.32 Å². The van der Waals surface area contributed by atoms with Gasteiger partial charge in [-0.1, -0.05) is 56.5 Å². The second-order valence-corrected chi connectivity index (χ2v) is 6.04. The van der Waals surface area contributed by atoms with E-state index in [4.69, 9.17) is 23.2 Å². The molecule has 106 valence electrons. The van der Waals surface area contributed by atoms with Gasteiger partial charge in [-0.05, 0) is 12.5 Å². The molecule has 1 aliphatic heterocycles. The second-order valence-electron chi connectivity index (χ2n) is 5.13. The maximum Gasteiger partial charge on any atom is 0.153 e. The standard InChI is InChI=1S/C7H7Cl2N3.C7H14/c8-5-1-2-10-7-4(5)3-6(9)11-12-7;1-2-4-6-7-5-3-1/h3,5H,1-2H2,(H,10,12);1-7H2. The highest BCUT2D eigenvalue weighted by atomic mass is 35.5. The Hall–Kier alpha value is -0.540. The van der Waals surface area contributed by atoms with E-state index in [0.29, 0.717) is 5.15 Å². The van der Waals surface area contributed by atoms with Crippen LogP contribution in [-0.4, -0.2) is 16.7 Å². The summed E-state index contributed by atoms with van der Waals surface area (Å²) in [4.78, 5) is 0. The Bertz CT molecular complexity index is 379. The molecule has 0 aromatic carbocycles. The summed E-state index contributed by atoms with van der Waals surface area (Å²) in [6.07, 6.45) is 11.4. The van der Waals surface area contributed by atoms with Gasteiger partial charge in [0.05, 0.1) is 5.38 Å². The van der Waals surface area contributed by atoms with E-state index < -0.39 is 0 Å². The van der Waals surface area contributed by atoms with Crippen LogP contribution in [0, 0.1) is 0 Å². The zero-order valence-electron chi connectivity index (χ0n) is 11.2. The number of nitrogens with zero attached hydrogens (tertiary/aromatic N) is 2. The zero-order chi connectivity index (χ0) is 13.5. The number of halogens is 2. The number of fused-ring (bicyclic) bond motifs is 1. The largest absolute Gasteiger partial charge is 0.368 e. The highest BCUT2D eigenvalue weighted by Gasteiger charge is 2.19. The van der Waals surface area contributed by atoms with Crippen molar-refractivity contribution in [3.8, 4) is 0 Å². The Labute approximate surface area is 125 Å². The molecule has 1 N–H and O–H groups in total. The average Bonchev–Trinajstić information content (AvgIpc) is 2.73. The van der Waals surface area contributed by atoms with E-state index >= 15 is 0 Å². The fourth-order valence-electron chi connectivity index (χ4n) is 2.47. The van der Waals surface area contributed by atoms with Crippen molar-refractivity contribution in [3.63, 3.8) is 0 Å². The van der Waals surface area contributed by atoms with Crippen molar-refractivity contribution in [2.45, 2.75) is 56.7 Å². The third-order valence-corrected chi connectivity index (χ3v) is 4.21. The Morgan fingerprint density at radius 2 is 1.58 bits per heavy atom. The van der Waals surface area contributed by atoms with E-state index in [1.54, 1.807) is 6.07 Å². The summed E-state index contributed by atoms with van der Waals surface area (Å²) in [5, 5.41) is 11.1. The molecule has 2 aliphatic rings. The summed E-state index contributed by atoms with van der Waals surface area (Å²) in [6, 6.07) is 1.76. The predicted octanol–water partition coefficient (Wildman–Crippen LogP) is 4.96. The van der Waals surface area contributed by atoms with Crippen LogP contribution >= 0.6 is 23.2 Å². The molecule has 19 heavy (non-hydrogen) atoms. The molecular formula is C14H21Cl2N3. The first-order valence-corrected chi connectivity index (χ1v) is 8.00. The molecule has 0 saturated heterocycles. The van der Waals surface area contributed by atoms with E-state index in [1.807, 2.05) is 0 Å². The van der Waals surface area contributed by atoms with E-state index in [1.165, 1.54) is 44.9 Å². The minimum Gasteiger partial charge on any atom is -0.368 e. The number of alkyl halides is 1. The smallest absolute Gasteiger partial charge is 0.153 e. The van der Waals surface area contributed by atoms with Crippen molar-refractivity contribution >= 4 is 29.0 Å². The van der Waals surface area contributed by atoms with Gasteiger partial charge < -0.3 is 5.32 Å². The van der Waals surface area contributed by atoms with Crippen LogP contribution in [0.5, 0.6) is 0 Å². The molecule has 3 nitrogen and oxygen atoms in total. The summed E-state index contributed by atoms with van der Waals surface area (Å²) in [5.41, 5.74) is 0.947. The lowest BCUT2D eigenvalue weighted by atomic mass is 10.1.